The zero-order valence-electron chi connectivity index (χ0n) is 16.8. The van der Waals surface area contributed by atoms with E-state index in [0.29, 0.717) is 5.75 Å². The number of aromatic nitrogens is 1. The fraction of sp³-hybridized carbons (Fsp3) is 0.143. The van der Waals surface area contributed by atoms with E-state index in [1.807, 2.05) is 0 Å². The highest BCUT2D eigenvalue weighted by atomic mass is 32.2. The lowest BCUT2D eigenvalue weighted by atomic mass is 10.2. The Hall–Kier alpha value is -3.09. The summed E-state index contributed by atoms with van der Waals surface area (Å²) in [5.41, 5.74) is -0.709. The number of hydrogen-bond donors (Lipinski definition) is 1. The second kappa shape index (κ2) is 10.2. The molecule has 0 atom stereocenters. The van der Waals surface area contributed by atoms with Crippen molar-refractivity contribution in [1.29, 1.82) is 0 Å². The Bertz CT molecular complexity index is 1230. The molecule has 0 aliphatic heterocycles. The van der Waals surface area contributed by atoms with Crippen LogP contribution in [0.3, 0.4) is 0 Å². The predicted octanol–water partition coefficient (Wildman–Crippen LogP) is 4.13. The van der Waals surface area contributed by atoms with Crippen LogP contribution in [0.15, 0.2) is 81.7 Å². The van der Waals surface area contributed by atoms with Crippen LogP contribution in [0.5, 0.6) is 5.75 Å². The van der Waals surface area contributed by atoms with Crippen LogP contribution in [0.4, 0.5) is 13.2 Å². The summed E-state index contributed by atoms with van der Waals surface area (Å²) in [7, 11) is -3.81. The number of ether oxygens (including phenoxy) is 2. The van der Waals surface area contributed by atoms with Gasteiger partial charge in [0.05, 0.1) is 16.0 Å². The number of sulfonamides is 1. The van der Waals surface area contributed by atoms with Gasteiger partial charge >= 0.3 is 12.1 Å². The van der Waals surface area contributed by atoms with Crippen LogP contribution in [0, 0.1) is 0 Å². The number of nitrogens with two attached hydrogens (primary N) is 1. The van der Waals surface area contributed by atoms with E-state index in [1.165, 1.54) is 54.7 Å². The van der Waals surface area contributed by atoms with Gasteiger partial charge in [0.2, 0.25) is 10.0 Å². The molecule has 0 saturated carbocycles. The number of carbonyl (C=O) groups is 1. The van der Waals surface area contributed by atoms with Gasteiger partial charge in [0.1, 0.15) is 24.0 Å². The average Bonchev–Trinajstić information content (AvgIpc) is 2.76. The fourth-order valence-corrected chi connectivity index (χ4v) is 4.02. The number of carbonyl (C=O) groups excluding carboxylic acids is 1. The highest BCUT2D eigenvalue weighted by Crippen LogP contribution is 2.34. The Morgan fingerprint density at radius 3 is 2.42 bits per heavy atom. The Kier molecular flexibility index (Phi) is 7.61. The lowest BCUT2D eigenvalue weighted by Crippen LogP contribution is -2.14. The highest BCUT2D eigenvalue weighted by Gasteiger charge is 2.30. The molecule has 0 unspecified atom stereocenters. The quantitative estimate of drug-likeness (QED) is 0.367. The fourth-order valence-electron chi connectivity index (χ4n) is 2.57. The highest BCUT2D eigenvalue weighted by molar-refractivity contribution is 7.99. The summed E-state index contributed by atoms with van der Waals surface area (Å²) in [6.07, 6.45) is -3.07. The molecule has 0 radical (unpaired) electrons. The van der Waals surface area contributed by atoms with Crippen LogP contribution in [0.1, 0.15) is 15.9 Å². The second-order valence-corrected chi connectivity index (χ2v) is 9.11. The van der Waals surface area contributed by atoms with Gasteiger partial charge in [-0.05, 0) is 54.6 Å². The standard InChI is InChI=1S/C21H17F3N2O5S2/c22-21(23,24)14-3-1-4-16(13-14)32-19-18(5-2-10-26-19)20(27)31-12-11-30-15-6-8-17(9-7-15)33(25,28)29/h1-10,13H,11-12H2,(H2,25,28,29). The molecule has 0 aliphatic rings. The minimum Gasteiger partial charge on any atom is -0.490 e. The van der Waals surface area contributed by atoms with Gasteiger partial charge in [-0.15, -0.1) is 0 Å². The Balaban J connectivity index is 1.59. The van der Waals surface area contributed by atoms with E-state index in [4.69, 9.17) is 14.6 Å². The van der Waals surface area contributed by atoms with E-state index >= 15 is 0 Å². The van der Waals surface area contributed by atoms with E-state index < -0.39 is 27.7 Å². The maximum Gasteiger partial charge on any atom is 0.416 e. The van der Waals surface area contributed by atoms with Crippen molar-refractivity contribution in [2.75, 3.05) is 13.2 Å². The van der Waals surface area contributed by atoms with E-state index in [1.54, 1.807) is 0 Å². The third kappa shape index (κ3) is 6.94. The van der Waals surface area contributed by atoms with Crippen molar-refractivity contribution in [3.05, 3.63) is 78.0 Å². The lowest BCUT2D eigenvalue weighted by Gasteiger charge is -2.11. The van der Waals surface area contributed by atoms with Crippen molar-refractivity contribution < 1.29 is 35.9 Å². The van der Waals surface area contributed by atoms with Gasteiger partial charge in [-0.3, -0.25) is 0 Å². The molecule has 2 aromatic carbocycles. The maximum absolute atomic E-state index is 12.9. The van der Waals surface area contributed by atoms with Gasteiger partial charge in [0.15, 0.2) is 0 Å². The van der Waals surface area contributed by atoms with Crippen LogP contribution in [0.25, 0.3) is 0 Å². The molecule has 7 nitrogen and oxygen atoms in total. The summed E-state index contributed by atoms with van der Waals surface area (Å²) in [4.78, 5) is 16.7. The Labute approximate surface area is 191 Å². The molecule has 3 aromatic rings. The summed E-state index contributed by atoms with van der Waals surface area (Å²) in [6.45, 7) is -0.144. The lowest BCUT2D eigenvalue weighted by molar-refractivity contribution is -0.137. The van der Waals surface area contributed by atoms with Crippen LogP contribution in [-0.2, 0) is 20.9 Å². The third-order valence-electron chi connectivity index (χ3n) is 4.10. The molecule has 1 aromatic heterocycles. The van der Waals surface area contributed by atoms with Gasteiger partial charge < -0.3 is 9.47 Å². The first-order valence-corrected chi connectivity index (χ1v) is 11.6. The zero-order valence-corrected chi connectivity index (χ0v) is 18.4. The van der Waals surface area contributed by atoms with E-state index in [9.17, 15) is 26.4 Å². The normalized spacial score (nSPS) is 11.8. The van der Waals surface area contributed by atoms with Crippen LogP contribution in [0.2, 0.25) is 0 Å². The number of halogens is 3. The monoisotopic (exact) mass is 498 g/mol. The molecular formula is C21H17F3N2O5S2. The molecule has 0 bridgehead atoms. The first-order valence-electron chi connectivity index (χ1n) is 9.27. The molecule has 1 heterocycles. The van der Waals surface area contributed by atoms with Crippen LogP contribution in [-0.4, -0.2) is 32.6 Å². The van der Waals surface area contributed by atoms with Gasteiger partial charge in [-0.2, -0.15) is 13.2 Å². The largest absolute Gasteiger partial charge is 0.490 e. The first-order chi connectivity index (χ1) is 15.5. The Morgan fingerprint density at radius 2 is 1.76 bits per heavy atom. The number of esters is 1. The number of primary sulfonamides is 1. The minimum absolute atomic E-state index is 0.0170. The van der Waals surface area contributed by atoms with Gasteiger partial charge in [0.25, 0.3) is 0 Å². The van der Waals surface area contributed by atoms with Crippen molar-refractivity contribution in [3.8, 4) is 5.75 Å². The molecule has 2 N–H and O–H groups in total. The smallest absolute Gasteiger partial charge is 0.416 e. The van der Waals surface area contributed by atoms with Crippen molar-refractivity contribution in [3.63, 3.8) is 0 Å². The molecule has 174 valence electrons. The van der Waals surface area contributed by atoms with Crippen molar-refractivity contribution in [2.45, 2.75) is 21.0 Å². The summed E-state index contributed by atoms with van der Waals surface area (Å²) in [6, 6.07) is 13.0. The van der Waals surface area contributed by atoms with Crippen molar-refractivity contribution in [1.82, 2.24) is 4.98 Å². The molecule has 0 aliphatic carbocycles. The molecule has 0 amide bonds. The van der Waals surface area contributed by atoms with Gasteiger partial charge in [-0.25, -0.2) is 23.3 Å². The number of hydrogen-bond acceptors (Lipinski definition) is 7. The molecule has 12 heteroatoms. The van der Waals surface area contributed by atoms with E-state index in [0.717, 1.165) is 23.9 Å². The zero-order chi connectivity index (χ0) is 24.1. The summed E-state index contributed by atoms with van der Waals surface area (Å²) >= 11 is 0.910. The summed E-state index contributed by atoms with van der Waals surface area (Å²) < 4.78 is 71.9. The number of nitrogens with zero attached hydrogens (tertiary/aromatic N) is 1. The summed E-state index contributed by atoms with van der Waals surface area (Å²) in [5.74, 6) is -0.369. The van der Waals surface area contributed by atoms with Crippen molar-refractivity contribution in [2.24, 2.45) is 5.14 Å². The number of alkyl halides is 3. The first kappa shape index (κ1) is 24.6. The minimum atomic E-state index is -4.48. The number of pyridine rings is 1. The van der Waals surface area contributed by atoms with E-state index in [-0.39, 0.29) is 33.6 Å². The van der Waals surface area contributed by atoms with Crippen LogP contribution < -0.4 is 9.88 Å². The summed E-state index contributed by atoms with van der Waals surface area (Å²) in [5, 5.41) is 5.22. The van der Waals surface area contributed by atoms with Gasteiger partial charge in [-0.1, -0.05) is 17.8 Å². The Morgan fingerprint density at radius 1 is 1.03 bits per heavy atom. The van der Waals surface area contributed by atoms with Crippen molar-refractivity contribution >= 4 is 27.8 Å². The maximum atomic E-state index is 12.9. The topological polar surface area (TPSA) is 109 Å². The molecular weight excluding hydrogens is 481 g/mol. The molecule has 0 saturated heterocycles. The number of rotatable bonds is 8. The second-order valence-electron chi connectivity index (χ2n) is 6.48. The SMILES string of the molecule is NS(=O)(=O)c1ccc(OCCOC(=O)c2cccnc2Sc2cccc(C(F)(F)F)c2)cc1. The predicted molar refractivity (Wildman–Crippen MR) is 113 cm³/mol. The van der Waals surface area contributed by atoms with E-state index in [2.05, 4.69) is 4.98 Å². The van der Waals surface area contributed by atoms with Gasteiger partial charge in [0, 0.05) is 11.1 Å². The molecule has 0 spiro atoms. The molecule has 3 rings (SSSR count). The van der Waals surface area contributed by atoms with Crippen LogP contribution >= 0.6 is 11.8 Å². The number of benzene rings is 2. The molecule has 0 fully saturated rings. The molecule has 33 heavy (non-hydrogen) atoms. The average molecular weight is 499 g/mol. The third-order valence-corrected chi connectivity index (χ3v) is 6.04.